The molecule has 0 saturated carbocycles. The summed E-state index contributed by atoms with van der Waals surface area (Å²) in [7, 11) is 1.53. The van der Waals surface area contributed by atoms with Crippen LogP contribution < -0.4 is 20.3 Å². The zero-order valence-electron chi connectivity index (χ0n) is 16.8. The molecule has 0 aliphatic carbocycles. The van der Waals surface area contributed by atoms with E-state index in [4.69, 9.17) is 21.1 Å². The Kier molecular flexibility index (Phi) is 4.60. The number of methoxy groups -OCH3 is 1. The van der Waals surface area contributed by atoms with Gasteiger partial charge in [-0.1, -0.05) is 17.7 Å². The van der Waals surface area contributed by atoms with Gasteiger partial charge in [0.05, 0.1) is 35.1 Å². The average molecular weight is 444 g/mol. The molecule has 3 aromatic rings. The number of carbonyl (C=O) groups excluding carboxylic acids is 1. The molecule has 1 amide bonds. The predicted molar refractivity (Wildman–Crippen MR) is 115 cm³/mol. The molecule has 8 nitrogen and oxygen atoms in total. The summed E-state index contributed by atoms with van der Waals surface area (Å²) in [6.07, 6.45) is 0.924. The van der Waals surface area contributed by atoms with Crippen molar-refractivity contribution in [3.05, 3.63) is 47.5 Å². The summed E-state index contributed by atoms with van der Waals surface area (Å²) in [6, 6.07) is 7.93. The number of ether oxygens (including phenoxy) is 2. The fourth-order valence-electron chi connectivity index (χ4n) is 4.00. The number of hydrogen-bond donors (Lipinski definition) is 2. The summed E-state index contributed by atoms with van der Waals surface area (Å²) in [4.78, 5) is 22.9. The number of rotatable bonds is 4. The Labute approximate surface area is 182 Å². The van der Waals surface area contributed by atoms with Crippen LogP contribution in [-0.4, -0.2) is 47.9 Å². The molecule has 2 fully saturated rings. The molecule has 1 atom stereocenters. The van der Waals surface area contributed by atoms with Crippen LogP contribution in [0.25, 0.3) is 10.9 Å². The second-order valence-electron chi connectivity index (χ2n) is 7.57. The number of carbonyl (C=O) groups is 1. The van der Waals surface area contributed by atoms with Crippen molar-refractivity contribution >= 4 is 45.8 Å². The van der Waals surface area contributed by atoms with E-state index in [1.54, 1.807) is 29.2 Å². The SMILES string of the molecule is COc1cc2ncnc(Nc3cccc(Cl)c3F)c2cc1N1C(=O)OC2(CNC2)C1C. The van der Waals surface area contributed by atoms with Crippen LogP contribution in [0, 0.1) is 5.82 Å². The largest absolute Gasteiger partial charge is 0.494 e. The number of benzene rings is 2. The van der Waals surface area contributed by atoms with Gasteiger partial charge in [0.25, 0.3) is 0 Å². The zero-order chi connectivity index (χ0) is 21.8. The Hall–Kier alpha value is -3.17. The third-order valence-electron chi connectivity index (χ3n) is 5.88. The molecule has 0 bridgehead atoms. The van der Waals surface area contributed by atoms with Gasteiger partial charge in [-0.25, -0.2) is 19.2 Å². The summed E-state index contributed by atoms with van der Waals surface area (Å²) >= 11 is 5.90. The normalized spacial score (nSPS) is 19.4. The van der Waals surface area contributed by atoms with E-state index < -0.39 is 17.5 Å². The summed E-state index contributed by atoms with van der Waals surface area (Å²) in [5, 5.41) is 6.72. The number of hydrogen-bond acceptors (Lipinski definition) is 7. The molecule has 1 spiro atoms. The third kappa shape index (κ3) is 3.03. The smallest absolute Gasteiger partial charge is 0.415 e. The highest BCUT2D eigenvalue weighted by molar-refractivity contribution is 6.31. The lowest BCUT2D eigenvalue weighted by molar-refractivity contribution is -0.00368. The van der Waals surface area contributed by atoms with Gasteiger partial charge in [0.2, 0.25) is 0 Å². The van der Waals surface area contributed by atoms with Crippen molar-refractivity contribution in [3.8, 4) is 5.75 Å². The molecule has 160 valence electrons. The first kappa shape index (κ1) is 19.8. The molecule has 2 aromatic carbocycles. The van der Waals surface area contributed by atoms with E-state index in [9.17, 15) is 9.18 Å². The monoisotopic (exact) mass is 443 g/mol. The van der Waals surface area contributed by atoms with Gasteiger partial charge in [0.1, 0.15) is 17.9 Å². The van der Waals surface area contributed by atoms with Crippen molar-refractivity contribution in [2.75, 3.05) is 30.4 Å². The first-order chi connectivity index (χ1) is 14.9. The summed E-state index contributed by atoms with van der Waals surface area (Å²) < 4.78 is 25.7. The van der Waals surface area contributed by atoms with Gasteiger partial charge in [-0.2, -0.15) is 0 Å². The molecular formula is C21H19ClFN5O3. The van der Waals surface area contributed by atoms with Crippen LogP contribution in [-0.2, 0) is 4.74 Å². The summed E-state index contributed by atoms with van der Waals surface area (Å²) in [5.41, 5.74) is 0.717. The Morgan fingerprint density at radius 1 is 1.35 bits per heavy atom. The van der Waals surface area contributed by atoms with Crippen LogP contribution in [0.5, 0.6) is 5.75 Å². The number of anilines is 3. The van der Waals surface area contributed by atoms with E-state index in [0.717, 1.165) is 0 Å². The Balaban J connectivity index is 1.62. The van der Waals surface area contributed by atoms with E-state index in [1.807, 2.05) is 6.92 Å². The molecule has 3 heterocycles. The zero-order valence-corrected chi connectivity index (χ0v) is 17.5. The second kappa shape index (κ2) is 7.21. The molecule has 31 heavy (non-hydrogen) atoms. The third-order valence-corrected chi connectivity index (χ3v) is 6.18. The summed E-state index contributed by atoms with van der Waals surface area (Å²) in [5.74, 6) is 0.260. The highest BCUT2D eigenvalue weighted by atomic mass is 35.5. The first-order valence-electron chi connectivity index (χ1n) is 9.70. The number of nitrogens with one attached hydrogen (secondary N) is 2. The van der Waals surface area contributed by atoms with Crippen molar-refractivity contribution in [3.63, 3.8) is 0 Å². The molecule has 2 N–H and O–H groups in total. The van der Waals surface area contributed by atoms with Crippen LogP contribution >= 0.6 is 11.6 Å². The van der Waals surface area contributed by atoms with Gasteiger partial charge in [0.15, 0.2) is 11.4 Å². The summed E-state index contributed by atoms with van der Waals surface area (Å²) in [6.45, 7) is 3.13. The minimum Gasteiger partial charge on any atom is -0.494 e. The molecule has 1 unspecified atom stereocenters. The van der Waals surface area contributed by atoms with Gasteiger partial charge in [0, 0.05) is 24.5 Å². The number of aromatic nitrogens is 2. The van der Waals surface area contributed by atoms with Crippen molar-refractivity contribution in [1.29, 1.82) is 0 Å². The van der Waals surface area contributed by atoms with Crippen LogP contribution in [0.3, 0.4) is 0 Å². The van der Waals surface area contributed by atoms with Crippen molar-refractivity contribution < 1.29 is 18.7 Å². The average Bonchev–Trinajstić information content (AvgIpc) is 3.01. The van der Waals surface area contributed by atoms with Gasteiger partial charge < -0.3 is 20.1 Å². The van der Waals surface area contributed by atoms with Gasteiger partial charge >= 0.3 is 6.09 Å². The van der Waals surface area contributed by atoms with Gasteiger partial charge in [-0.3, -0.25) is 4.90 Å². The van der Waals surface area contributed by atoms with E-state index in [2.05, 4.69) is 20.6 Å². The van der Waals surface area contributed by atoms with E-state index in [1.165, 1.54) is 19.5 Å². The van der Waals surface area contributed by atoms with Crippen LogP contribution in [0.2, 0.25) is 5.02 Å². The second-order valence-corrected chi connectivity index (χ2v) is 7.98. The highest BCUT2D eigenvalue weighted by Gasteiger charge is 2.56. The lowest BCUT2D eigenvalue weighted by Crippen LogP contribution is -2.65. The molecule has 0 radical (unpaired) electrons. The van der Waals surface area contributed by atoms with Gasteiger partial charge in [-0.15, -0.1) is 0 Å². The first-order valence-corrected chi connectivity index (χ1v) is 10.1. The Bertz CT molecular complexity index is 1200. The van der Waals surface area contributed by atoms with Crippen LogP contribution in [0.1, 0.15) is 6.92 Å². The minimum atomic E-state index is -0.583. The van der Waals surface area contributed by atoms with Crippen LogP contribution in [0.4, 0.5) is 26.4 Å². The highest BCUT2D eigenvalue weighted by Crippen LogP contribution is 2.42. The topological polar surface area (TPSA) is 88.6 Å². The quantitative estimate of drug-likeness (QED) is 0.632. The van der Waals surface area contributed by atoms with Crippen molar-refractivity contribution in [1.82, 2.24) is 15.3 Å². The molecule has 10 heteroatoms. The molecule has 2 saturated heterocycles. The molecule has 2 aliphatic heterocycles. The number of nitrogens with zero attached hydrogens (tertiary/aromatic N) is 3. The maximum atomic E-state index is 14.4. The fraction of sp³-hybridized carbons (Fsp3) is 0.286. The predicted octanol–water partition coefficient (Wildman–Crippen LogP) is 3.86. The maximum absolute atomic E-state index is 14.4. The van der Waals surface area contributed by atoms with Crippen LogP contribution in [0.15, 0.2) is 36.7 Å². The number of fused-ring (bicyclic) bond motifs is 1. The molecule has 2 aliphatic rings. The molecular weight excluding hydrogens is 425 g/mol. The minimum absolute atomic E-state index is 0.00115. The number of halogens is 2. The van der Waals surface area contributed by atoms with E-state index in [0.29, 0.717) is 41.2 Å². The van der Waals surface area contributed by atoms with Crippen molar-refractivity contribution in [2.24, 2.45) is 0 Å². The lowest BCUT2D eigenvalue weighted by atomic mass is 9.89. The lowest BCUT2D eigenvalue weighted by Gasteiger charge is -2.40. The number of amides is 1. The standard InChI is InChI=1S/C21H19ClFN5O3/c1-11-21(8-24-9-21)31-20(29)28(11)16-6-12-15(7-17(16)30-2)25-10-26-19(12)27-14-5-3-4-13(22)18(14)23/h3-7,10-11,24H,8-9H2,1-2H3,(H,25,26,27). The Morgan fingerprint density at radius 3 is 2.84 bits per heavy atom. The van der Waals surface area contributed by atoms with E-state index in [-0.39, 0.29) is 16.8 Å². The molecule has 1 aromatic heterocycles. The maximum Gasteiger partial charge on any atom is 0.415 e. The van der Waals surface area contributed by atoms with E-state index >= 15 is 0 Å². The molecule has 5 rings (SSSR count). The Morgan fingerprint density at radius 2 is 2.16 bits per heavy atom. The van der Waals surface area contributed by atoms with Crippen molar-refractivity contribution in [2.45, 2.75) is 18.6 Å². The fourth-order valence-corrected chi connectivity index (χ4v) is 4.17. The van der Waals surface area contributed by atoms with Gasteiger partial charge in [-0.05, 0) is 25.1 Å².